The van der Waals surface area contributed by atoms with Crippen molar-refractivity contribution in [2.24, 2.45) is 11.3 Å². The number of hydrogen-bond donors (Lipinski definition) is 2. The third kappa shape index (κ3) is 3.31. The van der Waals surface area contributed by atoms with Gasteiger partial charge in [-0.1, -0.05) is 0 Å². The quantitative estimate of drug-likeness (QED) is 0.814. The lowest BCUT2D eigenvalue weighted by Crippen LogP contribution is -2.34. The van der Waals surface area contributed by atoms with Crippen LogP contribution in [-0.4, -0.2) is 30.5 Å². The Balaban J connectivity index is 1.19. The average Bonchev–Trinajstić information content (AvgIpc) is 3.09. The van der Waals surface area contributed by atoms with Crippen LogP contribution in [0.4, 0.5) is 0 Å². The third-order valence-corrected chi connectivity index (χ3v) is 7.08. The van der Waals surface area contributed by atoms with Gasteiger partial charge in [-0.2, -0.15) is 0 Å². The number of aromatic nitrogens is 1. The summed E-state index contributed by atoms with van der Waals surface area (Å²) in [6.07, 6.45) is 10.5. The summed E-state index contributed by atoms with van der Waals surface area (Å²) in [6, 6.07) is 0. The van der Waals surface area contributed by atoms with E-state index in [2.05, 4.69) is 10.6 Å². The molecular formula is C18H27N3OS. The third-order valence-electron chi connectivity index (χ3n) is 5.86. The second kappa shape index (κ2) is 6.52. The van der Waals surface area contributed by atoms with Crippen molar-refractivity contribution in [2.75, 3.05) is 19.6 Å². The molecule has 2 heterocycles. The molecule has 4 nitrogen and oxygen atoms in total. The summed E-state index contributed by atoms with van der Waals surface area (Å²) < 4.78 is 0. The van der Waals surface area contributed by atoms with Gasteiger partial charge in [-0.05, 0) is 69.9 Å². The largest absolute Gasteiger partial charge is 0.356 e. The van der Waals surface area contributed by atoms with Crippen molar-refractivity contribution >= 4 is 17.2 Å². The Bertz CT molecular complexity index is 553. The molecule has 1 aromatic rings. The fraction of sp³-hybridized carbons (Fsp3) is 0.778. The molecule has 1 saturated heterocycles. The van der Waals surface area contributed by atoms with E-state index in [1.54, 1.807) is 0 Å². The van der Waals surface area contributed by atoms with Gasteiger partial charge < -0.3 is 10.6 Å². The number of piperidine rings is 1. The van der Waals surface area contributed by atoms with E-state index in [-0.39, 0.29) is 5.92 Å². The van der Waals surface area contributed by atoms with Crippen LogP contribution in [0.15, 0.2) is 0 Å². The Morgan fingerprint density at radius 2 is 2.13 bits per heavy atom. The molecule has 1 aromatic heterocycles. The number of rotatable bonds is 5. The van der Waals surface area contributed by atoms with Crippen LogP contribution in [-0.2, 0) is 24.1 Å². The number of carbonyl (C=O) groups excluding carboxylic acids is 1. The average molecular weight is 334 g/mol. The van der Waals surface area contributed by atoms with Crippen molar-refractivity contribution in [1.82, 2.24) is 15.6 Å². The van der Waals surface area contributed by atoms with Crippen LogP contribution in [0.5, 0.6) is 0 Å². The molecule has 0 radical (unpaired) electrons. The fourth-order valence-corrected chi connectivity index (χ4v) is 5.48. The lowest BCUT2D eigenvalue weighted by Gasteiger charge is -2.23. The summed E-state index contributed by atoms with van der Waals surface area (Å²) in [4.78, 5) is 18.6. The van der Waals surface area contributed by atoms with Crippen molar-refractivity contribution in [3.05, 3.63) is 15.6 Å². The molecule has 0 bridgehead atoms. The molecule has 1 unspecified atom stereocenters. The number of amides is 1. The first-order chi connectivity index (χ1) is 11.3. The number of nitrogens with one attached hydrogen (secondary N) is 2. The summed E-state index contributed by atoms with van der Waals surface area (Å²) in [7, 11) is 0. The number of hydrogen-bond acceptors (Lipinski definition) is 4. The Morgan fingerprint density at radius 1 is 1.30 bits per heavy atom. The monoisotopic (exact) mass is 333 g/mol. The highest BCUT2D eigenvalue weighted by molar-refractivity contribution is 7.11. The van der Waals surface area contributed by atoms with Crippen LogP contribution >= 0.6 is 11.3 Å². The molecule has 1 saturated carbocycles. The van der Waals surface area contributed by atoms with Crippen molar-refractivity contribution in [2.45, 2.75) is 57.8 Å². The zero-order chi connectivity index (χ0) is 15.7. The molecule has 2 aliphatic carbocycles. The molecular weight excluding hydrogens is 306 g/mol. The first-order valence-electron chi connectivity index (χ1n) is 9.23. The minimum Gasteiger partial charge on any atom is -0.356 e. The zero-order valence-electron chi connectivity index (χ0n) is 13.8. The number of carbonyl (C=O) groups is 1. The maximum atomic E-state index is 12.3. The fourth-order valence-electron chi connectivity index (χ4n) is 4.28. The topological polar surface area (TPSA) is 54.0 Å². The van der Waals surface area contributed by atoms with Gasteiger partial charge in [0, 0.05) is 23.8 Å². The van der Waals surface area contributed by atoms with Crippen LogP contribution in [0.2, 0.25) is 0 Å². The van der Waals surface area contributed by atoms with E-state index in [9.17, 15) is 4.79 Å². The maximum Gasteiger partial charge on any atom is 0.223 e. The normalized spacial score (nSPS) is 25.1. The van der Waals surface area contributed by atoms with Gasteiger partial charge in [-0.3, -0.25) is 4.79 Å². The lowest BCUT2D eigenvalue weighted by molar-refractivity contribution is -0.123. The van der Waals surface area contributed by atoms with E-state index in [4.69, 9.17) is 4.98 Å². The van der Waals surface area contributed by atoms with Gasteiger partial charge in [0.05, 0.1) is 10.7 Å². The Kier molecular flexibility index (Phi) is 4.41. The number of fused-ring (bicyclic) bond motifs is 1. The van der Waals surface area contributed by atoms with E-state index in [1.807, 2.05) is 11.3 Å². The first-order valence-corrected chi connectivity index (χ1v) is 10.0. The van der Waals surface area contributed by atoms with Crippen LogP contribution in [0.1, 0.15) is 54.1 Å². The zero-order valence-corrected chi connectivity index (χ0v) is 14.6. The second-order valence-corrected chi connectivity index (χ2v) is 8.62. The number of thiazole rings is 1. The molecule has 0 aromatic carbocycles. The van der Waals surface area contributed by atoms with E-state index in [0.29, 0.717) is 11.3 Å². The van der Waals surface area contributed by atoms with Crippen molar-refractivity contribution in [3.8, 4) is 0 Å². The minimum atomic E-state index is 0.289. The smallest absolute Gasteiger partial charge is 0.223 e. The molecule has 1 amide bonds. The van der Waals surface area contributed by atoms with Crippen molar-refractivity contribution in [1.29, 1.82) is 0 Å². The van der Waals surface area contributed by atoms with Crippen LogP contribution in [0.25, 0.3) is 0 Å². The van der Waals surface area contributed by atoms with Gasteiger partial charge in [0.15, 0.2) is 0 Å². The SMILES string of the molecule is O=C(NCCCc1nc2c(s1)CCCC2)C1CC12CCNCC2. The van der Waals surface area contributed by atoms with Gasteiger partial charge in [0.25, 0.3) is 0 Å². The number of aryl methyl sites for hydroxylation is 3. The second-order valence-electron chi connectivity index (χ2n) is 7.45. The molecule has 3 aliphatic rings. The van der Waals surface area contributed by atoms with E-state index in [0.717, 1.165) is 38.9 Å². The van der Waals surface area contributed by atoms with Gasteiger partial charge >= 0.3 is 0 Å². The van der Waals surface area contributed by atoms with Gasteiger partial charge in [0.2, 0.25) is 5.91 Å². The highest BCUT2D eigenvalue weighted by Crippen LogP contribution is 2.58. The molecule has 5 heteroatoms. The van der Waals surface area contributed by atoms with Crippen LogP contribution in [0, 0.1) is 11.3 Å². The van der Waals surface area contributed by atoms with Crippen molar-refractivity contribution in [3.63, 3.8) is 0 Å². The Hall–Kier alpha value is -0.940. The van der Waals surface area contributed by atoms with Crippen molar-refractivity contribution < 1.29 is 4.79 Å². The molecule has 1 spiro atoms. The summed E-state index contributed by atoms with van der Waals surface area (Å²) in [5.41, 5.74) is 1.70. The first kappa shape index (κ1) is 15.6. The number of nitrogens with zero attached hydrogens (tertiary/aromatic N) is 1. The molecule has 1 atom stereocenters. The minimum absolute atomic E-state index is 0.289. The summed E-state index contributed by atoms with van der Waals surface area (Å²) in [6.45, 7) is 2.96. The molecule has 4 rings (SSSR count). The standard InChI is InChI=1S/C18H27N3OS/c22-17(13-12-18(13)7-10-19-11-8-18)20-9-3-6-16-21-14-4-1-2-5-15(14)23-16/h13,19H,1-12H2,(H,20,22). The Labute approximate surface area is 142 Å². The molecule has 1 aliphatic heterocycles. The van der Waals surface area contributed by atoms with E-state index < -0.39 is 0 Å². The molecule has 23 heavy (non-hydrogen) atoms. The molecule has 2 fully saturated rings. The van der Waals surface area contributed by atoms with E-state index in [1.165, 1.54) is 54.1 Å². The summed E-state index contributed by atoms with van der Waals surface area (Å²) in [5.74, 6) is 0.585. The van der Waals surface area contributed by atoms with Gasteiger partial charge in [0.1, 0.15) is 0 Å². The summed E-state index contributed by atoms with van der Waals surface area (Å²) in [5, 5.41) is 7.83. The predicted molar refractivity (Wildman–Crippen MR) is 92.7 cm³/mol. The highest BCUT2D eigenvalue weighted by atomic mass is 32.1. The van der Waals surface area contributed by atoms with E-state index >= 15 is 0 Å². The predicted octanol–water partition coefficient (Wildman–Crippen LogP) is 2.46. The molecule has 2 N–H and O–H groups in total. The maximum absolute atomic E-state index is 12.3. The molecule has 126 valence electrons. The highest BCUT2D eigenvalue weighted by Gasteiger charge is 2.57. The van der Waals surface area contributed by atoms with Gasteiger partial charge in [-0.15, -0.1) is 11.3 Å². The Morgan fingerprint density at radius 3 is 2.96 bits per heavy atom. The van der Waals surface area contributed by atoms with Crippen LogP contribution < -0.4 is 10.6 Å². The lowest BCUT2D eigenvalue weighted by atomic mass is 9.92. The van der Waals surface area contributed by atoms with Crippen LogP contribution in [0.3, 0.4) is 0 Å². The summed E-state index contributed by atoms with van der Waals surface area (Å²) >= 11 is 1.90. The van der Waals surface area contributed by atoms with Gasteiger partial charge in [-0.25, -0.2) is 4.98 Å².